The molecule has 0 saturated heterocycles. The number of nitrogens with zero attached hydrogens (tertiary/aromatic N) is 2. The summed E-state index contributed by atoms with van der Waals surface area (Å²) in [6, 6.07) is 2.16. The van der Waals surface area contributed by atoms with E-state index in [1.807, 2.05) is 0 Å². The van der Waals surface area contributed by atoms with Gasteiger partial charge in [-0.1, -0.05) is 15.9 Å². The molecule has 6 heteroatoms. The van der Waals surface area contributed by atoms with E-state index in [0.29, 0.717) is 6.07 Å². The van der Waals surface area contributed by atoms with Gasteiger partial charge in [-0.15, -0.1) is 0 Å². The molecule has 1 aromatic heterocycles. The van der Waals surface area contributed by atoms with Gasteiger partial charge in [0.15, 0.2) is 0 Å². The summed E-state index contributed by atoms with van der Waals surface area (Å²) >= 11 is 2.94. The van der Waals surface area contributed by atoms with Gasteiger partial charge in [0.25, 0.3) is 6.43 Å². The zero-order valence-corrected chi connectivity index (χ0v) is 8.35. The van der Waals surface area contributed by atoms with Crippen molar-refractivity contribution in [3.8, 4) is 6.07 Å². The van der Waals surface area contributed by atoms with Gasteiger partial charge in [0.05, 0.1) is 11.3 Å². The topological polar surface area (TPSA) is 36.7 Å². The zero-order chi connectivity index (χ0) is 10.7. The van der Waals surface area contributed by atoms with E-state index in [2.05, 4.69) is 20.9 Å². The van der Waals surface area contributed by atoms with E-state index in [-0.39, 0.29) is 16.6 Å². The molecular formula is C8H4BrF3N2. The smallest absolute Gasteiger partial charge is 0.223 e. The van der Waals surface area contributed by atoms with Gasteiger partial charge < -0.3 is 0 Å². The second kappa shape index (κ2) is 4.42. The van der Waals surface area contributed by atoms with E-state index in [0.717, 1.165) is 0 Å². The molecule has 0 N–H and O–H groups in total. The number of aromatic nitrogens is 1. The van der Waals surface area contributed by atoms with E-state index in [1.165, 1.54) is 0 Å². The summed E-state index contributed by atoms with van der Waals surface area (Å²) in [7, 11) is 0. The summed E-state index contributed by atoms with van der Waals surface area (Å²) in [4.78, 5) is 3.34. The van der Waals surface area contributed by atoms with Crippen LogP contribution in [0.4, 0.5) is 13.2 Å². The molecule has 1 heterocycles. The minimum atomic E-state index is -2.88. The normalized spacial score (nSPS) is 10.3. The van der Waals surface area contributed by atoms with Crippen molar-refractivity contribution in [2.75, 3.05) is 0 Å². The Morgan fingerprint density at radius 3 is 2.64 bits per heavy atom. The standard InChI is InChI=1S/C8H4BrF3N2/c9-2-6-5(3-13)4(8(11)12)1-7(10)14-6/h1,8H,2H2. The summed E-state index contributed by atoms with van der Waals surface area (Å²) < 4.78 is 37.4. The quantitative estimate of drug-likeness (QED) is 0.609. The third kappa shape index (κ3) is 2.04. The predicted molar refractivity (Wildman–Crippen MR) is 46.5 cm³/mol. The fourth-order valence-corrected chi connectivity index (χ4v) is 1.39. The molecule has 0 bridgehead atoms. The third-order valence-corrected chi connectivity index (χ3v) is 2.10. The Balaban J connectivity index is 3.41. The van der Waals surface area contributed by atoms with Crippen LogP contribution in [0.3, 0.4) is 0 Å². The van der Waals surface area contributed by atoms with Crippen molar-refractivity contribution < 1.29 is 13.2 Å². The largest absolute Gasteiger partial charge is 0.265 e. The van der Waals surface area contributed by atoms with E-state index in [1.54, 1.807) is 6.07 Å². The predicted octanol–water partition coefficient (Wildman–Crippen LogP) is 2.92. The lowest BCUT2D eigenvalue weighted by Crippen LogP contribution is -2.01. The number of hydrogen-bond donors (Lipinski definition) is 0. The molecule has 0 atom stereocenters. The lowest BCUT2D eigenvalue weighted by Gasteiger charge is -2.05. The molecule has 14 heavy (non-hydrogen) atoms. The molecule has 0 aliphatic rings. The Kier molecular flexibility index (Phi) is 3.47. The fraction of sp³-hybridized carbons (Fsp3) is 0.250. The lowest BCUT2D eigenvalue weighted by atomic mass is 10.1. The zero-order valence-electron chi connectivity index (χ0n) is 6.77. The Labute approximate surface area is 86.5 Å². The van der Waals surface area contributed by atoms with Crippen LogP contribution < -0.4 is 0 Å². The van der Waals surface area contributed by atoms with Gasteiger partial charge in [-0.3, -0.25) is 0 Å². The molecule has 0 unspecified atom stereocenters. The molecule has 1 rings (SSSR count). The number of rotatable bonds is 2. The Morgan fingerprint density at radius 2 is 2.21 bits per heavy atom. The molecule has 0 aliphatic carbocycles. The molecule has 0 spiro atoms. The summed E-state index contributed by atoms with van der Waals surface area (Å²) in [5, 5.41) is 8.67. The van der Waals surface area contributed by atoms with Crippen LogP contribution in [-0.2, 0) is 5.33 Å². The van der Waals surface area contributed by atoms with Gasteiger partial charge in [-0.05, 0) is 0 Å². The Morgan fingerprint density at radius 1 is 1.57 bits per heavy atom. The van der Waals surface area contributed by atoms with Gasteiger partial charge in [0.2, 0.25) is 5.95 Å². The molecule has 2 nitrogen and oxygen atoms in total. The molecular weight excluding hydrogens is 261 g/mol. The summed E-state index contributed by atoms with van der Waals surface area (Å²) in [5.74, 6) is -1.01. The van der Waals surface area contributed by atoms with Gasteiger partial charge in [0, 0.05) is 17.0 Å². The van der Waals surface area contributed by atoms with Gasteiger partial charge in [0.1, 0.15) is 6.07 Å². The van der Waals surface area contributed by atoms with E-state index < -0.39 is 17.9 Å². The van der Waals surface area contributed by atoms with E-state index in [4.69, 9.17) is 5.26 Å². The molecule has 0 amide bonds. The molecule has 0 radical (unpaired) electrons. The SMILES string of the molecule is N#Cc1c(C(F)F)cc(F)nc1CBr. The monoisotopic (exact) mass is 264 g/mol. The maximum atomic E-state index is 12.7. The summed E-state index contributed by atoms with van der Waals surface area (Å²) in [5.41, 5.74) is -0.893. The summed E-state index contributed by atoms with van der Waals surface area (Å²) in [6.45, 7) is 0. The average Bonchev–Trinajstić information content (AvgIpc) is 2.16. The minimum Gasteiger partial charge on any atom is -0.223 e. The van der Waals surface area contributed by atoms with Crippen molar-refractivity contribution in [1.29, 1.82) is 5.26 Å². The first-order chi connectivity index (χ1) is 6.60. The van der Waals surface area contributed by atoms with Gasteiger partial charge in [-0.2, -0.15) is 9.65 Å². The lowest BCUT2D eigenvalue weighted by molar-refractivity contribution is 0.150. The molecule has 0 saturated carbocycles. The van der Waals surface area contributed by atoms with Gasteiger partial charge >= 0.3 is 0 Å². The van der Waals surface area contributed by atoms with Crippen molar-refractivity contribution in [2.45, 2.75) is 11.8 Å². The van der Waals surface area contributed by atoms with Crippen LogP contribution in [0.2, 0.25) is 0 Å². The first-order valence-electron chi connectivity index (χ1n) is 3.53. The van der Waals surface area contributed by atoms with E-state index in [9.17, 15) is 13.2 Å². The van der Waals surface area contributed by atoms with Crippen molar-refractivity contribution in [3.63, 3.8) is 0 Å². The van der Waals surface area contributed by atoms with Crippen molar-refractivity contribution in [1.82, 2.24) is 4.98 Å². The highest BCUT2D eigenvalue weighted by atomic mass is 79.9. The van der Waals surface area contributed by atoms with Crippen LogP contribution in [0.5, 0.6) is 0 Å². The van der Waals surface area contributed by atoms with Gasteiger partial charge in [-0.25, -0.2) is 13.8 Å². The first-order valence-corrected chi connectivity index (χ1v) is 4.65. The second-order valence-corrected chi connectivity index (χ2v) is 2.96. The highest BCUT2D eigenvalue weighted by molar-refractivity contribution is 9.08. The van der Waals surface area contributed by atoms with Crippen LogP contribution in [0, 0.1) is 17.3 Å². The Hall–Kier alpha value is -1.09. The number of halogens is 4. The van der Waals surface area contributed by atoms with Crippen LogP contribution in [-0.4, -0.2) is 4.98 Å². The van der Waals surface area contributed by atoms with Crippen LogP contribution in [0.1, 0.15) is 23.2 Å². The molecule has 0 fully saturated rings. The first kappa shape index (κ1) is 11.0. The van der Waals surface area contributed by atoms with Crippen LogP contribution in [0.25, 0.3) is 0 Å². The fourth-order valence-electron chi connectivity index (χ4n) is 0.982. The third-order valence-electron chi connectivity index (χ3n) is 1.57. The molecule has 0 aromatic carbocycles. The van der Waals surface area contributed by atoms with Crippen molar-refractivity contribution in [2.24, 2.45) is 0 Å². The van der Waals surface area contributed by atoms with Crippen LogP contribution in [0.15, 0.2) is 6.07 Å². The number of alkyl halides is 3. The molecule has 1 aromatic rings. The molecule has 74 valence electrons. The van der Waals surface area contributed by atoms with Crippen molar-refractivity contribution >= 4 is 15.9 Å². The maximum Gasteiger partial charge on any atom is 0.265 e. The number of pyridine rings is 1. The highest BCUT2D eigenvalue weighted by Crippen LogP contribution is 2.25. The average molecular weight is 265 g/mol. The van der Waals surface area contributed by atoms with Crippen LogP contribution >= 0.6 is 15.9 Å². The summed E-state index contributed by atoms with van der Waals surface area (Å²) in [6.07, 6.45) is -2.88. The second-order valence-electron chi connectivity index (χ2n) is 2.40. The number of nitriles is 1. The number of hydrogen-bond acceptors (Lipinski definition) is 2. The minimum absolute atomic E-state index is 0.0113. The highest BCUT2D eigenvalue weighted by Gasteiger charge is 2.18. The van der Waals surface area contributed by atoms with Crippen molar-refractivity contribution in [3.05, 3.63) is 28.8 Å². The van der Waals surface area contributed by atoms with E-state index >= 15 is 0 Å². The molecule has 0 aliphatic heterocycles. The maximum absolute atomic E-state index is 12.7. The Bertz CT molecular complexity index is 387.